The number of anilines is 1. The molecule has 0 saturated carbocycles. The van der Waals surface area contributed by atoms with Crippen molar-refractivity contribution in [3.8, 4) is 5.75 Å². The number of fused-ring (bicyclic) bond motifs is 1. The summed E-state index contributed by atoms with van der Waals surface area (Å²) < 4.78 is 5.96. The number of carbonyl (C=O) groups excluding carboxylic acids is 1. The molecule has 0 atom stereocenters. The van der Waals surface area contributed by atoms with Gasteiger partial charge in [-0.05, 0) is 57.7 Å². The molecule has 1 aromatic carbocycles. The van der Waals surface area contributed by atoms with E-state index in [0.717, 1.165) is 35.3 Å². The van der Waals surface area contributed by atoms with Crippen molar-refractivity contribution in [1.29, 1.82) is 0 Å². The lowest BCUT2D eigenvalue weighted by Crippen LogP contribution is -2.34. The molecule has 136 valence electrons. The number of hydrogen-bond donors (Lipinski definition) is 1. The van der Waals surface area contributed by atoms with Gasteiger partial charge in [0.2, 0.25) is 5.78 Å². The molecule has 2 aliphatic rings. The zero-order chi connectivity index (χ0) is 18.5. The summed E-state index contributed by atoms with van der Waals surface area (Å²) >= 11 is 0. The second-order valence-electron chi connectivity index (χ2n) is 7.48. The maximum atomic E-state index is 12.8. The average molecular weight is 346 g/mol. The summed E-state index contributed by atoms with van der Waals surface area (Å²) in [5, 5.41) is 9.24. The van der Waals surface area contributed by atoms with E-state index in [2.05, 4.69) is 11.8 Å². The molecule has 25 heavy (non-hydrogen) atoms. The van der Waals surface area contributed by atoms with E-state index < -0.39 is 11.7 Å². The summed E-state index contributed by atoms with van der Waals surface area (Å²) in [7, 11) is 0. The Morgan fingerprint density at radius 2 is 1.72 bits per heavy atom. The first kappa shape index (κ1) is 17.6. The zero-order valence-corrected chi connectivity index (χ0v) is 15.6. The molecular weight excluding hydrogens is 320 g/mol. The highest BCUT2D eigenvalue weighted by molar-refractivity contribution is 6.09. The molecule has 2 aliphatic heterocycles. The predicted molar refractivity (Wildman–Crippen MR) is 96.1 cm³/mol. The van der Waals surface area contributed by atoms with Crippen molar-refractivity contribution in [2.75, 3.05) is 31.1 Å². The van der Waals surface area contributed by atoms with Gasteiger partial charge in [0.1, 0.15) is 5.75 Å². The summed E-state index contributed by atoms with van der Waals surface area (Å²) in [6.07, 6.45) is -0.0946. The Morgan fingerprint density at radius 1 is 1.04 bits per heavy atom. The van der Waals surface area contributed by atoms with Gasteiger partial charge in [-0.15, -0.1) is 0 Å². The number of benzene rings is 1. The Labute approximate surface area is 148 Å². The van der Waals surface area contributed by atoms with Gasteiger partial charge in [0.15, 0.2) is 5.60 Å². The number of carboxylic acid groups (broad SMARTS) is 1. The lowest BCUT2D eigenvalue weighted by Gasteiger charge is -2.28. The summed E-state index contributed by atoms with van der Waals surface area (Å²) in [5.74, 6) is 0.724. The van der Waals surface area contributed by atoms with Crippen molar-refractivity contribution in [3.63, 3.8) is 0 Å². The van der Waals surface area contributed by atoms with Crippen LogP contribution in [0.3, 0.4) is 0 Å². The molecule has 0 aliphatic carbocycles. The summed E-state index contributed by atoms with van der Waals surface area (Å²) in [6, 6.07) is 0. The first-order valence-electron chi connectivity index (χ1n) is 8.75. The number of ether oxygens (including phenoxy) is 1. The topological polar surface area (TPSA) is 70.1 Å². The standard InChI is InChI=1S/C19H26N2O4/c1-11-12(2)16-14(17(22)19(4,5)25-16)13(3)15(11)20-7-6-8-21(10-9-20)18(23)24/h6-10H2,1-5H3,(H,23,24). The molecule has 1 N–H and O–H groups in total. The third kappa shape index (κ3) is 2.73. The van der Waals surface area contributed by atoms with Crippen molar-refractivity contribution in [1.82, 2.24) is 4.90 Å². The minimum absolute atomic E-state index is 0.0198. The smallest absolute Gasteiger partial charge is 0.407 e. The van der Waals surface area contributed by atoms with Crippen LogP contribution < -0.4 is 9.64 Å². The maximum Gasteiger partial charge on any atom is 0.407 e. The van der Waals surface area contributed by atoms with Crippen LogP contribution in [0.1, 0.15) is 47.3 Å². The van der Waals surface area contributed by atoms with Crippen LogP contribution >= 0.6 is 0 Å². The molecule has 1 fully saturated rings. The molecule has 0 radical (unpaired) electrons. The van der Waals surface area contributed by atoms with Crippen molar-refractivity contribution in [2.45, 2.75) is 46.6 Å². The van der Waals surface area contributed by atoms with E-state index in [1.54, 1.807) is 13.8 Å². The van der Waals surface area contributed by atoms with Crippen LogP contribution in [0.2, 0.25) is 0 Å². The fraction of sp³-hybridized carbons (Fsp3) is 0.579. The van der Waals surface area contributed by atoms with E-state index in [1.165, 1.54) is 4.90 Å². The SMILES string of the molecule is Cc1c(C)c(N2CCCN(C(=O)O)CC2)c(C)c2c1OC(C)(C)C2=O. The van der Waals surface area contributed by atoms with E-state index in [-0.39, 0.29) is 5.78 Å². The van der Waals surface area contributed by atoms with E-state index >= 15 is 0 Å². The lowest BCUT2D eigenvalue weighted by atomic mass is 9.91. The van der Waals surface area contributed by atoms with E-state index in [1.807, 2.05) is 13.8 Å². The Morgan fingerprint density at radius 3 is 2.36 bits per heavy atom. The Balaban J connectivity index is 2.04. The van der Waals surface area contributed by atoms with Gasteiger partial charge in [-0.25, -0.2) is 4.79 Å². The fourth-order valence-electron chi connectivity index (χ4n) is 3.92. The molecule has 1 amide bonds. The molecule has 0 bridgehead atoms. The predicted octanol–water partition coefficient (Wildman–Crippen LogP) is 3.16. The first-order chi connectivity index (χ1) is 11.6. The largest absolute Gasteiger partial charge is 0.479 e. The van der Waals surface area contributed by atoms with Gasteiger partial charge in [-0.2, -0.15) is 0 Å². The number of ketones is 1. The van der Waals surface area contributed by atoms with Gasteiger partial charge in [0.25, 0.3) is 0 Å². The third-order valence-electron chi connectivity index (χ3n) is 5.43. The Hall–Kier alpha value is -2.24. The van der Waals surface area contributed by atoms with Gasteiger partial charge in [0, 0.05) is 31.9 Å². The molecule has 0 unspecified atom stereocenters. The summed E-state index contributed by atoms with van der Waals surface area (Å²) in [6.45, 7) is 12.1. The van der Waals surface area contributed by atoms with Gasteiger partial charge in [-0.3, -0.25) is 4.79 Å². The van der Waals surface area contributed by atoms with Crippen molar-refractivity contribution in [2.24, 2.45) is 0 Å². The Kier molecular flexibility index (Phi) is 4.17. The molecule has 6 nitrogen and oxygen atoms in total. The summed E-state index contributed by atoms with van der Waals surface area (Å²) in [5.41, 5.74) is 3.94. The number of carbonyl (C=O) groups is 2. The monoisotopic (exact) mass is 346 g/mol. The van der Waals surface area contributed by atoms with Crippen molar-refractivity contribution in [3.05, 3.63) is 22.3 Å². The number of hydrogen-bond acceptors (Lipinski definition) is 4. The van der Waals surface area contributed by atoms with Crippen LogP contribution in [0.4, 0.5) is 10.5 Å². The third-order valence-corrected chi connectivity index (χ3v) is 5.43. The minimum Gasteiger partial charge on any atom is -0.479 e. The number of nitrogens with zero attached hydrogens (tertiary/aromatic N) is 2. The van der Waals surface area contributed by atoms with Crippen LogP contribution in [0.5, 0.6) is 5.75 Å². The lowest BCUT2D eigenvalue weighted by molar-refractivity contribution is 0.0683. The quantitative estimate of drug-likeness (QED) is 0.846. The van der Waals surface area contributed by atoms with E-state index in [9.17, 15) is 14.7 Å². The summed E-state index contributed by atoms with van der Waals surface area (Å²) in [4.78, 5) is 27.8. The van der Waals surface area contributed by atoms with E-state index in [0.29, 0.717) is 30.9 Å². The minimum atomic E-state index is -0.870. The van der Waals surface area contributed by atoms with E-state index in [4.69, 9.17) is 4.74 Å². The zero-order valence-electron chi connectivity index (χ0n) is 15.6. The molecule has 2 heterocycles. The molecule has 0 aromatic heterocycles. The van der Waals surface area contributed by atoms with Crippen LogP contribution in [-0.2, 0) is 0 Å². The van der Waals surface area contributed by atoms with Crippen LogP contribution in [0.15, 0.2) is 0 Å². The highest BCUT2D eigenvalue weighted by Crippen LogP contribution is 2.45. The molecule has 6 heteroatoms. The molecular formula is C19H26N2O4. The maximum absolute atomic E-state index is 12.8. The van der Waals surface area contributed by atoms with Crippen LogP contribution in [-0.4, -0.2) is 53.7 Å². The molecule has 1 saturated heterocycles. The Bertz CT molecular complexity index is 755. The number of rotatable bonds is 1. The van der Waals surface area contributed by atoms with Gasteiger partial charge < -0.3 is 19.6 Å². The first-order valence-corrected chi connectivity index (χ1v) is 8.75. The molecule has 3 rings (SSSR count). The normalized spacial score (nSPS) is 19.5. The van der Waals surface area contributed by atoms with Crippen molar-refractivity contribution < 1.29 is 19.4 Å². The average Bonchev–Trinajstić information content (AvgIpc) is 2.70. The van der Waals surface area contributed by atoms with Crippen LogP contribution in [0.25, 0.3) is 0 Å². The number of Topliss-reactive ketones (excluding diaryl/α,β-unsaturated/α-hetero) is 1. The second kappa shape index (κ2) is 5.93. The molecule has 0 spiro atoms. The van der Waals surface area contributed by atoms with Crippen molar-refractivity contribution >= 4 is 17.6 Å². The van der Waals surface area contributed by atoms with Gasteiger partial charge >= 0.3 is 6.09 Å². The molecule has 1 aromatic rings. The number of amides is 1. The highest BCUT2D eigenvalue weighted by atomic mass is 16.5. The fourth-order valence-corrected chi connectivity index (χ4v) is 3.92. The van der Waals surface area contributed by atoms with Gasteiger partial charge in [-0.1, -0.05) is 0 Å². The van der Waals surface area contributed by atoms with Gasteiger partial charge in [0.05, 0.1) is 5.56 Å². The van der Waals surface area contributed by atoms with Crippen LogP contribution in [0, 0.1) is 20.8 Å². The highest BCUT2D eigenvalue weighted by Gasteiger charge is 2.43. The second-order valence-corrected chi connectivity index (χ2v) is 7.48.